The Morgan fingerprint density at radius 3 is 2.67 bits per heavy atom. The zero-order chi connectivity index (χ0) is 9.80. The van der Waals surface area contributed by atoms with Crippen molar-refractivity contribution in [1.82, 2.24) is 5.32 Å². The lowest BCUT2D eigenvalue weighted by molar-refractivity contribution is 0.340. The largest absolute Gasteiger partial charge is 0.494 e. The molecule has 0 aliphatic carbocycles. The summed E-state index contributed by atoms with van der Waals surface area (Å²) in [6, 6.07) is 6.47. The van der Waals surface area contributed by atoms with Crippen LogP contribution in [0.25, 0.3) is 0 Å². The number of benzene rings is 1. The van der Waals surface area contributed by atoms with Gasteiger partial charge in [0.15, 0.2) is 0 Å². The van der Waals surface area contributed by atoms with Gasteiger partial charge in [-0.25, -0.2) is 0 Å². The van der Waals surface area contributed by atoms with Crippen molar-refractivity contribution in [2.75, 3.05) is 19.7 Å². The first-order chi connectivity index (χ1) is 6.90. The van der Waals surface area contributed by atoms with Crippen molar-refractivity contribution in [2.24, 2.45) is 0 Å². The maximum absolute atomic E-state index is 5.49. The number of fused-ring (bicyclic) bond motifs is 1. The van der Waals surface area contributed by atoms with E-state index in [0.717, 1.165) is 38.3 Å². The molecule has 0 spiro atoms. The van der Waals surface area contributed by atoms with E-state index in [9.17, 15) is 0 Å². The summed E-state index contributed by atoms with van der Waals surface area (Å²) in [5.41, 5.74) is 2.92. The van der Waals surface area contributed by atoms with Crippen LogP contribution in [0.1, 0.15) is 18.1 Å². The molecule has 0 saturated carbocycles. The smallest absolute Gasteiger partial charge is 0.119 e. The normalized spacial score (nSPS) is 14.7. The van der Waals surface area contributed by atoms with Gasteiger partial charge in [0.25, 0.3) is 0 Å². The summed E-state index contributed by atoms with van der Waals surface area (Å²) >= 11 is 0. The van der Waals surface area contributed by atoms with Crippen LogP contribution in [0.5, 0.6) is 5.75 Å². The molecule has 1 aromatic carbocycles. The zero-order valence-electron chi connectivity index (χ0n) is 9.08. The third-order valence-electron chi connectivity index (χ3n) is 2.63. The number of rotatable bonds is 2. The van der Waals surface area contributed by atoms with Gasteiger partial charge in [-0.2, -0.15) is 0 Å². The molecule has 84 valence electrons. The summed E-state index contributed by atoms with van der Waals surface area (Å²) in [7, 11) is 0. The van der Waals surface area contributed by atoms with E-state index in [-0.39, 0.29) is 12.4 Å². The number of hydrogen-bond acceptors (Lipinski definition) is 2. The van der Waals surface area contributed by atoms with Crippen LogP contribution in [0.4, 0.5) is 0 Å². The van der Waals surface area contributed by atoms with E-state index in [1.54, 1.807) is 0 Å². The van der Waals surface area contributed by atoms with Crippen LogP contribution >= 0.6 is 12.4 Å². The molecule has 0 atom stereocenters. The fourth-order valence-corrected chi connectivity index (χ4v) is 1.91. The second-order valence-electron chi connectivity index (χ2n) is 3.61. The fourth-order valence-electron chi connectivity index (χ4n) is 1.91. The molecule has 2 nitrogen and oxygen atoms in total. The van der Waals surface area contributed by atoms with Crippen LogP contribution in [0.3, 0.4) is 0 Å². The van der Waals surface area contributed by atoms with Gasteiger partial charge in [-0.1, -0.05) is 6.07 Å². The fraction of sp³-hybridized carbons (Fsp3) is 0.500. The Labute approximate surface area is 97.4 Å². The van der Waals surface area contributed by atoms with Gasteiger partial charge in [0.1, 0.15) is 5.75 Å². The van der Waals surface area contributed by atoms with E-state index in [1.807, 2.05) is 6.92 Å². The molecule has 1 aromatic rings. The van der Waals surface area contributed by atoms with Crippen LogP contribution < -0.4 is 10.1 Å². The Balaban J connectivity index is 0.00000112. The molecule has 3 heteroatoms. The van der Waals surface area contributed by atoms with E-state index in [0.29, 0.717) is 0 Å². The van der Waals surface area contributed by atoms with E-state index in [4.69, 9.17) is 4.74 Å². The topological polar surface area (TPSA) is 21.3 Å². The highest BCUT2D eigenvalue weighted by atomic mass is 35.5. The molecular weight excluding hydrogens is 210 g/mol. The van der Waals surface area contributed by atoms with Gasteiger partial charge in [0.05, 0.1) is 6.61 Å². The minimum atomic E-state index is 0. The van der Waals surface area contributed by atoms with Gasteiger partial charge in [-0.15, -0.1) is 12.4 Å². The summed E-state index contributed by atoms with van der Waals surface area (Å²) in [5, 5.41) is 3.40. The highest BCUT2D eigenvalue weighted by molar-refractivity contribution is 5.85. The number of ether oxygens (including phenoxy) is 1. The molecule has 0 amide bonds. The minimum Gasteiger partial charge on any atom is -0.494 e. The maximum atomic E-state index is 5.49. The Kier molecular flexibility index (Phi) is 4.92. The third kappa shape index (κ3) is 3.11. The van der Waals surface area contributed by atoms with Gasteiger partial charge in [0.2, 0.25) is 0 Å². The van der Waals surface area contributed by atoms with Crippen molar-refractivity contribution < 1.29 is 4.74 Å². The van der Waals surface area contributed by atoms with E-state index in [1.165, 1.54) is 11.1 Å². The van der Waals surface area contributed by atoms with E-state index >= 15 is 0 Å². The monoisotopic (exact) mass is 227 g/mol. The third-order valence-corrected chi connectivity index (χ3v) is 2.63. The van der Waals surface area contributed by atoms with Gasteiger partial charge in [-0.3, -0.25) is 0 Å². The summed E-state index contributed by atoms with van der Waals surface area (Å²) in [6.45, 7) is 4.95. The average molecular weight is 228 g/mol. The SMILES string of the molecule is CCOc1ccc2c(c1)CCNCC2.Cl. The number of halogens is 1. The molecule has 0 aromatic heterocycles. The van der Waals surface area contributed by atoms with E-state index < -0.39 is 0 Å². The molecular formula is C12H18ClNO. The molecule has 0 fully saturated rings. The second-order valence-corrected chi connectivity index (χ2v) is 3.61. The van der Waals surface area contributed by atoms with Gasteiger partial charge < -0.3 is 10.1 Å². The molecule has 1 heterocycles. The van der Waals surface area contributed by atoms with E-state index in [2.05, 4.69) is 23.5 Å². The highest BCUT2D eigenvalue weighted by Gasteiger charge is 2.07. The molecule has 15 heavy (non-hydrogen) atoms. The first-order valence-corrected chi connectivity index (χ1v) is 5.35. The predicted octanol–water partition coefficient (Wildman–Crippen LogP) is 2.20. The maximum Gasteiger partial charge on any atom is 0.119 e. The zero-order valence-corrected chi connectivity index (χ0v) is 9.90. The van der Waals surface area contributed by atoms with Crippen LogP contribution in [-0.2, 0) is 12.8 Å². The van der Waals surface area contributed by atoms with Crippen LogP contribution in [0, 0.1) is 0 Å². The Morgan fingerprint density at radius 1 is 1.20 bits per heavy atom. The molecule has 0 bridgehead atoms. The molecule has 0 unspecified atom stereocenters. The van der Waals surface area contributed by atoms with Crippen LogP contribution in [0.15, 0.2) is 18.2 Å². The molecule has 1 N–H and O–H groups in total. The average Bonchev–Trinajstić information content (AvgIpc) is 2.42. The van der Waals surface area contributed by atoms with Crippen molar-refractivity contribution >= 4 is 12.4 Å². The van der Waals surface area contributed by atoms with Crippen molar-refractivity contribution in [2.45, 2.75) is 19.8 Å². The second kappa shape index (κ2) is 5.99. The lowest BCUT2D eigenvalue weighted by Gasteiger charge is -2.08. The first-order valence-electron chi connectivity index (χ1n) is 5.35. The van der Waals surface area contributed by atoms with Gasteiger partial charge in [-0.05, 0) is 56.1 Å². The Morgan fingerprint density at radius 2 is 1.93 bits per heavy atom. The molecule has 0 radical (unpaired) electrons. The van der Waals surface area contributed by atoms with Crippen molar-refractivity contribution in [3.05, 3.63) is 29.3 Å². The standard InChI is InChI=1S/C12H17NO.ClH/c1-2-14-12-4-3-10-5-7-13-8-6-11(10)9-12;/h3-4,9,13H,2,5-8H2,1H3;1H. The molecule has 0 saturated heterocycles. The molecule has 1 aliphatic heterocycles. The quantitative estimate of drug-likeness (QED) is 0.837. The van der Waals surface area contributed by atoms with Gasteiger partial charge >= 0.3 is 0 Å². The van der Waals surface area contributed by atoms with Crippen molar-refractivity contribution in [1.29, 1.82) is 0 Å². The number of nitrogens with one attached hydrogen (secondary N) is 1. The molecule has 1 aliphatic rings. The van der Waals surface area contributed by atoms with Crippen LogP contribution in [0.2, 0.25) is 0 Å². The minimum absolute atomic E-state index is 0. The summed E-state index contributed by atoms with van der Waals surface area (Å²) in [5.74, 6) is 1.01. The highest BCUT2D eigenvalue weighted by Crippen LogP contribution is 2.20. The number of hydrogen-bond donors (Lipinski definition) is 1. The van der Waals surface area contributed by atoms with Crippen LogP contribution in [-0.4, -0.2) is 19.7 Å². The molecule has 2 rings (SSSR count). The lowest BCUT2D eigenvalue weighted by Crippen LogP contribution is -2.16. The summed E-state index contributed by atoms with van der Waals surface area (Å²) < 4.78 is 5.49. The van der Waals surface area contributed by atoms with Crippen molar-refractivity contribution in [3.8, 4) is 5.75 Å². The predicted molar refractivity (Wildman–Crippen MR) is 65.1 cm³/mol. The van der Waals surface area contributed by atoms with Crippen molar-refractivity contribution in [3.63, 3.8) is 0 Å². The summed E-state index contributed by atoms with van der Waals surface area (Å²) in [4.78, 5) is 0. The summed E-state index contributed by atoms with van der Waals surface area (Å²) in [6.07, 6.45) is 2.26. The Bertz CT molecular complexity index is 314. The Hall–Kier alpha value is -0.730. The first kappa shape index (κ1) is 12.3. The lowest BCUT2D eigenvalue weighted by atomic mass is 10.0. The van der Waals surface area contributed by atoms with Gasteiger partial charge in [0, 0.05) is 0 Å².